The number of nitrogens with zero attached hydrogens (tertiary/aromatic N) is 1. The van der Waals surface area contributed by atoms with Crippen LogP contribution in [-0.4, -0.2) is 28.6 Å². The van der Waals surface area contributed by atoms with E-state index >= 15 is 0 Å². The lowest BCUT2D eigenvalue weighted by Gasteiger charge is -2.25. The summed E-state index contributed by atoms with van der Waals surface area (Å²) < 4.78 is 0. The third kappa shape index (κ3) is 6.16. The van der Waals surface area contributed by atoms with Crippen molar-refractivity contribution >= 4 is 17.2 Å². The van der Waals surface area contributed by atoms with Gasteiger partial charge in [0.05, 0.1) is 29.8 Å². The maximum absolute atomic E-state index is 11.9. The normalized spacial score (nSPS) is 13.3. The molecule has 0 saturated heterocycles. The number of aryl methyl sites for hydroxylation is 1. The highest BCUT2D eigenvalue weighted by Crippen LogP contribution is 2.20. The molecular formula is C14H24N2O2S. The van der Waals surface area contributed by atoms with Gasteiger partial charge in [0.2, 0.25) is 5.91 Å². The van der Waals surface area contributed by atoms with Crippen LogP contribution in [0.5, 0.6) is 0 Å². The van der Waals surface area contributed by atoms with Crippen LogP contribution < -0.4 is 5.32 Å². The van der Waals surface area contributed by atoms with E-state index in [0.717, 1.165) is 23.5 Å². The van der Waals surface area contributed by atoms with Crippen LogP contribution in [0.2, 0.25) is 0 Å². The van der Waals surface area contributed by atoms with Crippen molar-refractivity contribution in [2.45, 2.75) is 53.0 Å². The predicted molar refractivity (Wildman–Crippen MR) is 78.3 cm³/mol. The van der Waals surface area contributed by atoms with E-state index < -0.39 is 0 Å². The number of hydrogen-bond acceptors (Lipinski definition) is 4. The van der Waals surface area contributed by atoms with Crippen molar-refractivity contribution in [3.63, 3.8) is 0 Å². The topological polar surface area (TPSA) is 62.2 Å². The predicted octanol–water partition coefficient (Wildman–Crippen LogP) is 2.16. The number of carbonyl (C=O) groups excluding carboxylic acids is 1. The molecule has 1 unspecified atom stereocenters. The molecule has 5 heteroatoms. The second kappa shape index (κ2) is 7.01. The monoisotopic (exact) mass is 284 g/mol. The average molecular weight is 284 g/mol. The minimum Gasteiger partial charge on any atom is -0.394 e. The fraction of sp³-hybridized carbons (Fsp3) is 0.714. The van der Waals surface area contributed by atoms with Crippen LogP contribution in [0.1, 0.15) is 44.8 Å². The second-order valence-electron chi connectivity index (χ2n) is 5.97. The van der Waals surface area contributed by atoms with E-state index in [1.165, 1.54) is 0 Å². The van der Waals surface area contributed by atoms with Gasteiger partial charge in [0.25, 0.3) is 0 Å². The summed E-state index contributed by atoms with van der Waals surface area (Å²) >= 11 is 1.59. The smallest absolute Gasteiger partial charge is 0.226 e. The number of rotatable bonds is 6. The zero-order valence-corrected chi connectivity index (χ0v) is 13.0. The van der Waals surface area contributed by atoms with Crippen molar-refractivity contribution in [2.75, 3.05) is 6.61 Å². The molecule has 0 aliphatic rings. The molecule has 1 aromatic heterocycles. The molecule has 1 amide bonds. The molecule has 0 aromatic carbocycles. The molecule has 0 fully saturated rings. The van der Waals surface area contributed by atoms with Gasteiger partial charge in [0.1, 0.15) is 0 Å². The van der Waals surface area contributed by atoms with Crippen LogP contribution in [-0.2, 0) is 17.6 Å². The Bertz CT molecular complexity index is 410. The first kappa shape index (κ1) is 16.1. The molecule has 1 atom stereocenters. The van der Waals surface area contributed by atoms with E-state index in [9.17, 15) is 9.90 Å². The Morgan fingerprint density at radius 2 is 2.21 bits per heavy atom. The molecule has 108 valence electrons. The summed E-state index contributed by atoms with van der Waals surface area (Å²) in [6.45, 7) is 8.30. The minimum atomic E-state index is -0.184. The van der Waals surface area contributed by atoms with Crippen LogP contribution in [0.25, 0.3) is 0 Å². The van der Waals surface area contributed by atoms with Crippen LogP contribution in [0.4, 0.5) is 0 Å². The summed E-state index contributed by atoms with van der Waals surface area (Å²) in [6.07, 6.45) is 1.94. The average Bonchev–Trinajstić information content (AvgIpc) is 2.73. The first-order valence-electron chi connectivity index (χ1n) is 6.67. The Morgan fingerprint density at radius 1 is 1.53 bits per heavy atom. The first-order chi connectivity index (χ1) is 8.84. The maximum atomic E-state index is 11.9. The Labute approximate surface area is 119 Å². The Kier molecular flexibility index (Phi) is 5.94. The SMILES string of the molecule is CCc1nc(CC(=O)NC(CO)CC(C)(C)C)cs1. The lowest BCUT2D eigenvalue weighted by molar-refractivity contribution is -0.121. The lowest BCUT2D eigenvalue weighted by Crippen LogP contribution is -2.40. The number of aliphatic hydroxyl groups excluding tert-OH is 1. The zero-order chi connectivity index (χ0) is 14.5. The van der Waals surface area contributed by atoms with Crippen molar-refractivity contribution in [3.8, 4) is 0 Å². The maximum Gasteiger partial charge on any atom is 0.226 e. The van der Waals surface area contributed by atoms with E-state index in [2.05, 4.69) is 31.1 Å². The molecule has 0 radical (unpaired) electrons. The van der Waals surface area contributed by atoms with Gasteiger partial charge in [-0.05, 0) is 18.3 Å². The molecular weight excluding hydrogens is 260 g/mol. The van der Waals surface area contributed by atoms with E-state index in [-0.39, 0.29) is 30.4 Å². The molecule has 0 aliphatic heterocycles. The minimum absolute atomic E-state index is 0.0275. The highest BCUT2D eigenvalue weighted by atomic mass is 32.1. The van der Waals surface area contributed by atoms with Gasteiger partial charge in [-0.15, -0.1) is 11.3 Å². The van der Waals surface area contributed by atoms with Crippen molar-refractivity contribution in [1.82, 2.24) is 10.3 Å². The van der Waals surface area contributed by atoms with E-state index in [1.807, 2.05) is 12.3 Å². The van der Waals surface area contributed by atoms with Crippen molar-refractivity contribution in [1.29, 1.82) is 0 Å². The molecule has 1 aromatic rings. The van der Waals surface area contributed by atoms with Crippen LogP contribution >= 0.6 is 11.3 Å². The summed E-state index contributed by atoms with van der Waals surface area (Å²) in [5.41, 5.74) is 0.892. The fourth-order valence-electron chi connectivity index (χ4n) is 1.94. The van der Waals surface area contributed by atoms with Crippen molar-refractivity contribution < 1.29 is 9.90 Å². The molecule has 4 nitrogen and oxygen atoms in total. The van der Waals surface area contributed by atoms with Gasteiger partial charge < -0.3 is 10.4 Å². The molecule has 1 heterocycles. The highest BCUT2D eigenvalue weighted by Gasteiger charge is 2.20. The van der Waals surface area contributed by atoms with Crippen LogP contribution in [0, 0.1) is 5.41 Å². The lowest BCUT2D eigenvalue weighted by atomic mass is 9.88. The molecule has 0 spiro atoms. The number of carbonyl (C=O) groups is 1. The van der Waals surface area contributed by atoms with Crippen LogP contribution in [0.3, 0.4) is 0 Å². The molecule has 0 bridgehead atoms. The fourth-order valence-corrected chi connectivity index (χ4v) is 2.68. The van der Waals surface area contributed by atoms with Gasteiger partial charge in [-0.2, -0.15) is 0 Å². The summed E-state index contributed by atoms with van der Waals surface area (Å²) in [4.78, 5) is 16.3. The standard InChI is InChI=1S/C14H24N2O2S/c1-5-13-16-10(9-19-13)6-12(18)15-11(8-17)7-14(2,3)4/h9,11,17H,5-8H2,1-4H3,(H,15,18). The molecule has 0 saturated carbocycles. The Morgan fingerprint density at radius 3 is 2.68 bits per heavy atom. The summed E-state index contributed by atoms with van der Waals surface area (Å²) in [6, 6.07) is -0.184. The molecule has 0 aliphatic carbocycles. The third-order valence-electron chi connectivity index (χ3n) is 2.69. The quantitative estimate of drug-likeness (QED) is 0.841. The Balaban J connectivity index is 2.49. The molecule has 2 N–H and O–H groups in total. The van der Waals surface area contributed by atoms with Gasteiger partial charge in [-0.25, -0.2) is 4.98 Å². The number of aromatic nitrogens is 1. The Hall–Kier alpha value is -0.940. The van der Waals surface area contributed by atoms with Gasteiger partial charge in [-0.1, -0.05) is 27.7 Å². The second-order valence-corrected chi connectivity index (χ2v) is 6.92. The number of amides is 1. The van der Waals surface area contributed by atoms with Crippen molar-refractivity contribution in [3.05, 3.63) is 16.1 Å². The summed E-state index contributed by atoms with van der Waals surface area (Å²) in [7, 11) is 0. The molecule has 19 heavy (non-hydrogen) atoms. The third-order valence-corrected chi connectivity index (χ3v) is 3.73. The number of aliphatic hydroxyl groups is 1. The summed E-state index contributed by atoms with van der Waals surface area (Å²) in [5.74, 6) is -0.0729. The van der Waals surface area contributed by atoms with Gasteiger partial charge in [0.15, 0.2) is 0 Å². The van der Waals surface area contributed by atoms with E-state index in [1.54, 1.807) is 11.3 Å². The van der Waals surface area contributed by atoms with E-state index in [4.69, 9.17) is 0 Å². The largest absolute Gasteiger partial charge is 0.394 e. The number of hydrogen-bond donors (Lipinski definition) is 2. The first-order valence-corrected chi connectivity index (χ1v) is 7.55. The van der Waals surface area contributed by atoms with Crippen LogP contribution in [0.15, 0.2) is 5.38 Å². The van der Waals surface area contributed by atoms with Gasteiger partial charge >= 0.3 is 0 Å². The van der Waals surface area contributed by atoms with Gasteiger partial charge in [-0.3, -0.25) is 4.79 Å². The zero-order valence-electron chi connectivity index (χ0n) is 12.2. The molecule has 1 rings (SSSR count). The summed E-state index contributed by atoms with van der Waals surface area (Å²) in [5, 5.41) is 15.2. The number of nitrogens with one attached hydrogen (secondary N) is 1. The number of thiazole rings is 1. The van der Waals surface area contributed by atoms with Gasteiger partial charge in [0, 0.05) is 5.38 Å². The van der Waals surface area contributed by atoms with Crippen molar-refractivity contribution in [2.24, 2.45) is 5.41 Å². The van der Waals surface area contributed by atoms with E-state index in [0.29, 0.717) is 0 Å². The highest BCUT2D eigenvalue weighted by molar-refractivity contribution is 7.09.